The first-order valence-corrected chi connectivity index (χ1v) is 5.26. The number of nitrogens with zero attached hydrogens (tertiary/aromatic N) is 1. The smallest absolute Gasteiger partial charge is 0.307 e. The van der Waals surface area contributed by atoms with E-state index in [-0.39, 0.29) is 15.0 Å². The average Bonchev–Trinajstić information content (AvgIpc) is 2.18. The highest BCUT2D eigenvalue weighted by Gasteiger charge is 2.23. The van der Waals surface area contributed by atoms with Crippen LogP contribution in [0.4, 0.5) is 8.78 Å². The van der Waals surface area contributed by atoms with Gasteiger partial charge in [0.25, 0.3) is 6.43 Å². The second-order valence-corrected chi connectivity index (χ2v) is 3.91. The van der Waals surface area contributed by atoms with E-state index in [1.807, 2.05) is 0 Å². The number of carboxylic acids is 1. The molecule has 1 heterocycles. The second kappa shape index (κ2) is 5.37. The third kappa shape index (κ3) is 2.77. The number of ether oxygens (including phenoxy) is 1. The van der Waals surface area contributed by atoms with Crippen LogP contribution in [0.25, 0.3) is 0 Å². The van der Waals surface area contributed by atoms with Crippen LogP contribution in [0.3, 0.4) is 0 Å². The Morgan fingerprint density at radius 2 is 2.31 bits per heavy atom. The minimum Gasteiger partial charge on any atom is -0.493 e. The minimum atomic E-state index is -2.79. The second-order valence-electron chi connectivity index (χ2n) is 2.89. The first-order valence-electron chi connectivity index (χ1n) is 4.18. The van der Waals surface area contributed by atoms with Gasteiger partial charge in [-0.2, -0.15) is 0 Å². The number of hydrogen-bond donors (Lipinski definition) is 1. The first kappa shape index (κ1) is 13.1. The van der Waals surface area contributed by atoms with Crippen LogP contribution in [0.1, 0.15) is 17.6 Å². The quantitative estimate of drug-likeness (QED) is 0.673. The molecule has 0 saturated carbocycles. The summed E-state index contributed by atoms with van der Waals surface area (Å²) in [5.74, 6) is -1.25. The van der Waals surface area contributed by atoms with Crippen LogP contribution in [0.15, 0.2) is 6.20 Å². The number of alkyl halides is 2. The van der Waals surface area contributed by atoms with Gasteiger partial charge in [0.2, 0.25) is 0 Å². The number of methoxy groups -OCH3 is 1. The predicted molar refractivity (Wildman–Crippen MR) is 59.8 cm³/mol. The van der Waals surface area contributed by atoms with Crippen LogP contribution in [-0.4, -0.2) is 23.2 Å². The fraction of sp³-hybridized carbons (Fsp3) is 0.333. The zero-order chi connectivity index (χ0) is 12.3. The molecule has 0 atom stereocenters. The van der Waals surface area contributed by atoms with Gasteiger partial charge in [0.1, 0.15) is 3.70 Å². The van der Waals surface area contributed by atoms with Crippen LogP contribution in [0, 0.1) is 3.70 Å². The zero-order valence-corrected chi connectivity index (χ0v) is 10.4. The molecule has 88 valence electrons. The molecule has 0 radical (unpaired) electrons. The van der Waals surface area contributed by atoms with Crippen LogP contribution < -0.4 is 4.74 Å². The van der Waals surface area contributed by atoms with Crippen LogP contribution in [0.2, 0.25) is 0 Å². The molecule has 0 fully saturated rings. The van der Waals surface area contributed by atoms with Crippen LogP contribution >= 0.6 is 22.6 Å². The van der Waals surface area contributed by atoms with Crippen molar-refractivity contribution in [2.24, 2.45) is 0 Å². The van der Waals surface area contributed by atoms with E-state index in [9.17, 15) is 13.6 Å². The molecule has 16 heavy (non-hydrogen) atoms. The molecule has 0 spiro atoms. The molecule has 0 aliphatic carbocycles. The molecule has 1 aromatic rings. The molecule has 4 nitrogen and oxygen atoms in total. The third-order valence-electron chi connectivity index (χ3n) is 1.88. The molecule has 0 aromatic carbocycles. The lowest BCUT2D eigenvalue weighted by atomic mass is 10.1. The highest BCUT2D eigenvalue weighted by atomic mass is 127. The number of carbonyl (C=O) groups is 1. The van der Waals surface area contributed by atoms with Gasteiger partial charge in [0, 0.05) is 6.20 Å². The Bertz CT molecular complexity index is 412. The summed E-state index contributed by atoms with van der Waals surface area (Å²) in [6.07, 6.45) is -2.15. The van der Waals surface area contributed by atoms with Crippen molar-refractivity contribution in [3.63, 3.8) is 0 Å². The maximum Gasteiger partial charge on any atom is 0.307 e. The van der Waals surface area contributed by atoms with E-state index < -0.39 is 24.4 Å². The number of pyridine rings is 1. The summed E-state index contributed by atoms with van der Waals surface area (Å²) in [6.45, 7) is 0. The molecule has 0 bridgehead atoms. The van der Waals surface area contributed by atoms with Crippen LogP contribution in [-0.2, 0) is 11.2 Å². The van der Waals surface area contributed by atoms with Crippen LogP contribution in [0.5, 0.6) is 5.75 Å². The van der Waals surface area contributed by atoms with Crippen molar-refractivity contribution in [1.82, 2.24) is 4.98 Å². The van der Waals surface area contributed by atoms with Gasteiger partial charge >= 0.3 is 5.97 Å². The van der Waals surface area contributed by atoms with E-state index in [4.69, 9.17) is 9.84 Å². The molecular weight excluding hydrogens is 335 g/mol. The SMILES string of the molecule is COc1c(I)ncc(CC(=O)O)c1C(F)F. The molecule has 7 heteroatoms. The van der Waals surface area contributed by atoms with E-state index in [0.717, 1.165) is 6.20 Å². The number of aromatic nitrogens is 1. The average molecular weight is 343 g/mol. The lowest BCUT2D eigenvalue weighted by molar-refractivity contribution is -0.136. The van der Waals surface area contributed by atoms with Gasteiger partial charge in [0.05, 0.1) is 19.1 Å². The summed E-state index contributed by atoms with van der Waals surface area (Å²) in [6, 6.07) is 0. The highest BCUT2D eigenvalue weighted by molar-refractivity contribution is 14.1. The predicted octanol–water partition coefficient (Wildman–Crippen LogP) is 2.26. The van der Waals surface area contributed by atoms with E-state index in [2.05, 4.69) is 4.98 Å². The Kier molecular flexibility index (Phi) is 4.39. The largest absolute Gasteiger partial charge is 0.493 e. The fourth-order valence-electron chi connectivity index (χ4n) is 1.26. The van der Waals surface area contributed by atoms with Gasteiger partial charge in [0.15, 0.2) is 5.75 Å². The molecular formula is C9H8F2INO3. The number of rotatable bonds is 4. The van der Waals surface area contributed by atoms with Gasteiger partial charge in [-0.15, -0.1) is 0 Å². The van der Waals surface area contributed by atoms with Crippen molar-refractivity contribution in [2.45, 2.75) is 12.8 Å². The van der Waals surface area contributed by atoms with E-state index in [1.54, 1.807) is 22.6 Å². The zero-order valence-electron chi connectivity index (χ0n) is 8.21. The maximum atomic E-state index is 12.8. The monoisotopic (exact) mass is 343 g/mol. The maximum absolute atomic E-state index is 12.8. The number of halogens is 3. The first-order chi connectivity index (χ1) is 7.47. The van der Waals surface area contributed by atoms with Gasteiger partial charge in [-0.3, -0.25) is 4.79 Å². The van der Waals surface area contributed by atoms with Crippen molar-refractivity contribution in [3.05, 3.63) is 21.0 Å². The standard InChI is InChI=1S/C9H8F2INO3/c1-16-7-6(8(10)11)4(2-5(14)15)3-13-9(7)12/h3,8H,2H2,1H3,(H,14,15). The molecule has 0 saturated heterocycles. The summed E-state index contributed by atoms with van der Waals surface area (Å²) in [5, 5.41) is 8.59. The number of hydrogen-bond acceptors (Lipinski definition) is 3. The van der Waals surface area contributed by atoms with Gasteiger partial charge in [-0.05, 0) is 28.2 Å². The molecule has 0 amide bonds. The van der Waals surface area contributed by atoms with Crippen molar-refractivity contribution in [1.29, 1.82) is 0 Å². The summed E-state index contributed by atoms with van der Waals surface area (Å²) in [7, 11) is 1.25. The van der Waals surface area contributed by atoms with E-state index in [1.165, 1.54) is 7.11 Å². The number of carboxylic acid groups (broad SMARTS) is 1. The van der Waals surface area contributed by atoms with Gasteiger partial charge in [-0.1, -0.05) is 0 Å². The van der Waals surface area contributed by atoms with Gasteiger partial charge < -0.3 is 9.84 Å². The van der Waals surface area contributed by atoms with Crippen molar-refractivity contribution in [3.8, 4) is 5.75 Å². The lowest BCUT2D eigenvalue weighted by Crippen LogP contribution is -2.08. The Hall–Kier alpha value is -0.990. The van der Waals surface area contributed by atoms with E-state index in [0.29, 0.717) is 0 Å². The van der Waals surface area contributed by atoms with Gasteiger partial charge in [-0.25, -0.2) is 13.8 Å². The third-order valence-corrected chi connectivity index (χ3v) is 2.64. The summed E-state index contributed by atoms with van der Waals surface area (Å²) in [4.78, 5) is 14.3. The van der Waals surface area contributed by atoms with Crippen molar-refractivity contribution >= 4 is 28.6 Å². The Labute approximate surface area is 104 Å². The minimum absolute atomic E-state index is 0.0280. The Morgan fingerprint density at radius 3 is 2.75 bits per heavy atom. The molecule has 0 unspecified atom stereocenters. The Morgan fingerprint density at radius 1 is 1.69 bits per heavy atom. The molecule has 0 aliphatic rings. The summed E-state index contributed by atoms with van der Waals surface area (Å²) in [5.41, 5.74) is -0.427. The normalized spacial score (nSPS) is 10.6. The molecule has 1 N–H and O–H groups in total. The fourth-order valence-corrected chi connectivity index (χ4v) is 1.91. The lowest BCUT2D eigenvalue weighted by Gasteiger charge is -2.12. The van der Waals surface area contributed by atoms with Crippen molar-refractivity contribution < 1.29 is 23.4 Å². The number of aliphatic carboxylic acids is 1. The molecule has 1 rings (SSSR count). The molecule has 0 aliphatic heterocycles. The summed E-state index contributed by atoms with van der Waals surface area (Å²) >= 11 is 1.75. The van der Waals surface area contributed by atoms with Crippen molar-refractivity contribution in [2.75, 3.05) is 7.11 Å². The topological polar surface area (TPSA) is 59.4 Å². The molecule has 1 aromatic heterocycles. The van der Waals surface area contributed by atoms with E-state index >= 15 is 0 Å². The Balaban J connectivity index is 3.32. The summed E-state index contributed by atoms with van der Waals surface area (Å²) < 4.78 is 30.7. The highest BCUT2D eigenvalue weighted by Crippen LogP contribution is 2.34.